The Morgan fingerprint density at radius 3 is 0.857 bits per heavy atom. The van der Waals surface area contributed by atoms with Crippen molar-refractivity contribution < 1.29 is 117 Å². The summed E-state index contributed by atoms with van der Waals surface area (Å²) < 4.78 is 156. The van der Waals surface area contributed by atoms with Crippen LogP contribution >= 0.6 is 39.5 Å². The SMILES string of the molecule is Nc1ncnc2c1ncn2[C@H]1C[C@H](OP(=O)(O)OC[C@H]2O[C@@H](n3cnc4c(N)ncnc43)C[C@@H]2OP(=O)(O)OC[C@H]2O[C@@H](n3cnc4c(N)ncnc43)C[C@@H]2OP(=O)(O)OC[C@H]2O[C@@H](n3cnc4c(N)ncnc43)C[C@@H]2OP(=O)(O)OC[C@H]2O[C@@H](n3cnc4c(N)ncnc43)C[C@@H]2O)[C@@H](CO[P+](=O)O)O1. The lowest BCUT2D eigenvalue weighted by molar-refractivity contribution is -0.0629. The molecule has 0 amide bonds. The van der Waals surface area contributed by atoms with Gasteiger partial charge in [-0.15, -0.1) is 9.42 Å². The fourth-order valence-electron chi connectivity index (χ4n) is 12.6. The van der Waals surface area contributed by atoms with Gasteiger partial charge in [0, 0.05) is 36.7 Å². The lowest BCUT2D eigenvalue weighted by Crippen LogP contribution is -2.32. The maximum Gasteiger partial charge on any atom is 0.694 e. The van der Waals surface area contributed by atoms with Crippen molar-refractivity contribution in [3.05, 3.63) is 63.3 Å². The molecule has 0 saturated carbocycles. The van der Waals surface area contributed by atoms with E-state index in [0.717, 1.165) is 19.0 Å². The summed E-state index contributed by atoms with van der Waals surface area (Å²) in [7, 11) is -24.5. The summed E-state index contributed by atoms with van der Waals surface area (Å²) in [6.45, 7) is -4.11. The first-order chi connectivity index (χ1) is 50.2. The molecule has 50 nitrogen and oxygen atoms in total. The van der Waals surface area contributed by atoms with E-state index in [1.807, 2.05) is 0 Å². The summed E-state index contributed by atoms with van der Waals surface area (Å²) in [5, 5.41) is 11.0. The third kappa shape index (κ3) is 15.2. The van der Waals surface area contributed by atoms with Crippen molar-refractivity contribution in [3.8, 4) is 0 Å². The molecule has 55 heteroatoms. The highest BCUT2D eigenvalue weighted by Gasteiger charge is 2.51. The Morgan fingerprint density at radius 1 is 0.371 bits per heavy atom. The molecule has 5 fully saturated rings. The molecule has 0 aliphatic carbocycles. The third-order valence-corrected chi connectivity index (χ3v) is 21.9. The molecule has 15 heterocycles. The molecule has 105 heavy (non-hydrogen) atoms. The van der Waals surface area contributed by atoms with E-state index in [4.69, 9.17) is 93.1 Å². The number of nitrogen functional groups attached to an aromatic ring is 5. The number of aromatic nitrogens is 20. The van der Waals surface area contributed by atoms with Gasteiger partial charge in [-0.3, -0.25) is 59.0 Å². The van der Waals surface area contributed by atoms with Crippen LogP contribution in [0.15, 0.2) is 63.3 Å². The number of fused-ring (bicyclic) bond motifs is 5. The number of rotatable bonds is 28. The van der Waals surface area contributed by atoms with Crippen LogP contribution in [0.25, 0.3) is 55.8 Å². The average Bonchev–Trinajstić information content (AvgIpc) is 1.66. The molecular formula is C50H61N25O25P5+. The minimum Gasteiger partial charge on any atom is -0.390 e. The van der Waals surface area contributed by atoms with E-state index in [2.05, 4.69) is 74.8 Å². The second kappa shape index (κ2) is 28.9. The number of hydrogen-bond donors (Lipinski definition) is 11. The largest absolute Gasteiger partial charge is 0.694 e. The molecule has 0 aromatic carbocycles. The van der Waals surface area contributed by atoms with Crippen LogP contribution in [-0.2, 0) is 87.2 Å². The van der Waals surface area contributed by atoms with E-state index in [1.54, 1.807) is 0 Å². The van der Waals surface area contributed by atoms with Crippen LogP contribution in [-0.4, -0.2) is 221 Å². The number of aliphatic hydroxyl groups excluding tert-OH is 1. The van der Waals surface area contributed by atoms with Crippen molar-refractivity contribution in [2.45, 2.75) is 124 Å². The van der Waals surface area contributed by atoms with Gasteiger partial charge >= 0.3 is 39.5 Å². The zero-order chi connectivity index (χ0) is 73.4. The molecule has 10 aromatic heterocycles. The Kier molecular flexibility index (Phi) is 20.0. The van der Waals surface area contributed by atoms with Crippen LogP contribution in [0.2, 0.25) is 0 Å². The predicted octanol–water partition coefficient (Wildman–Crippen LogP) is 0.570. The van der Waals surface area contributed by atoms with Crippen LogP contribution in [0.3, 0.4) is 0 Å². The zero-order valence-corrected chi connectivity index (χ0v) is 58.0. The van der Waals surface area contributed by atoms with Crippen molar-refractivity contribution in [3.63, 3.8) is 0 Å². The smallest absolute Gasteiger partial charge is 0.390 e. The highest BCUT2D eigenvalue weighted by molar-refractivity contribution is 7.48. The van der Waals surface area contributed by atoms with E-state index < -0.39 is 165 Å². The Hall–Kier alpha value is -8.03. The molecular weight excluding hydrogens is 1510 g/mol. The van der Waals surface area contributed by atoms with Gasteiger partial charge in [-0.25, -0.2) is 93.0 Å². The third-order valence-electron chi connectivity index (χ3n) is 17.4. The number of nitrogens with zero attached hydrogens (tertiary/aromatic N) is 20. The Bertz CT molecular complexity index is 5120. The van der Waals surface area contributed by atoms with Gasteiger partial charge in [-0.2, -0.15) is 0 Å². The maximum atomic E-state index is 14.4. The topological polar surface area (TPSA) is 684 Å². The molecule has 16 N–H and O–H groups in total. The second-order valence-electron chi connectivity index (χ2n) is 24.0. The molecule has 5 saturated heterocycles. The van der Waals surface area contributed by atoms with Gasteiger partial charge in [0.25, 0.3) is 0 Å². The molecule has 560 valence electrons. The van der Waals surface area contributed by atoms with Crippen LogP contribution in [0.4, 0.5) is 29.1 Å². The summed E-state index contributed by atoms with van der Waals surface area (Å²) in [5.41, 5.74) is 32.0. The molecule has 0 radical (unpaired) electrons. The van der Waals surface area contributed by atoms with Gasteiger partial charge in [-0.1, -0.05) is 0 Å². The average molecular weight is 1570 g/mol. The standard InChI is InChI=1S/C50H60N25O25P5/c51-41-36-46(61-11-56-41)71(16-66-36)31-1-21(76)26(92-31)7-88-102(79,80)98-23-3-33(73-18-68-38-43(53)58-13-63-48(38)73)94-28(23)9-90-104(83,84)100-25-5-35(75-20-70-40-45(55)60-15-65-50(40)75)96-30(25)10-91-105(85,86)99-24-4-34(74-19-69-39-44(54)59-14-64-49(39)74)95-29(24)8-89-103(81,82)97-22-2-32(93-27(22)6-87-101(77)78)72-17-67-37-42(52)57-12-62-47(37)72/h11-35,76H,1-10H2,(H14-,51,52,53,54,55,56,57,58,59,60,61,62,63,64,65,77,78,79,80,81,82,83,84,85,86)/p+1/t21-,22-,23-,24-,25-,26+,27+,28+,29+,30+,31+,32+,33+,34+,35+/m0/s1. The van der Waals surface area contributed by atoms with Crippen molar-refractivity contribution in [1.29, 1.82) is 0 Å². The van der Waals surface area contributed by atoms with Crippen LogP contribution in [0.5, 0.6) is 0 Å². The molecule has 0 bridgehead atoms. The van der Waals surface area contributed by atoms with Crippen LogP contribution in [0.1, 0.15) is 63.2 Å². The van der Waals surface area contributed by atoms with Gasteiger partial charge in [0.2, 0.25) is 0 Å². The van der Waals surface area contributed by atoms with E-state index in [1.165, 1.54) is 67.1 Å². The van der Waals surface area contributed by atoms with E-state index in [9.17, 15) is 52.4 Å². The Morgan fingerprint density at radius 2 is 0.600 bits per heavy atom. The molecule has 15 rings (SSSR count). The highest BCUT2D eigenvalue weighted by atomic mass is 31.2. The lowest BCUT2D eigenvalue weighted by Gasteiger charge is -2.25. The van der Waals surface area contributed by atoms with Gasteiger partial charge in [0.15, 0.2) is 57.3 Å². The number of imidazole rings is 5. The summed E-state index contributed by atoms with van der Waals surface area (Å²) in [5.74, 6) is 0.104. The van der Waals surface area contributed by atoms with E-state index >= 15 is 0 Å². The first-order valence-corrected chi connectivity index (χ1v) is 38.3. The van der Waals surface area contributed by atoms with Crippen molar-refractivity contribution in [1.82, 2.24) is 97.6 Å². The minimum atomic E-state index is -5.45. The van der Waals surface area contributed by atoms with Crippen molar-refractivity contribution in [2.24, 2.45) is 0 Å². The van der Waals surface area contributed by atoms with Crippen LogP contribution in [0, 0.1) is 0 Å². The molecule has 5 unspecified atom stereocenters. The summed E-state index contributed by atoms with van der Waals surface area (Å²) in [4.78, 5) is 118. The highest BCUT2D eigenvalue weighted by Crippen LogP contribution is 2.56. The fourth-order valence-corrected chi connectivity index (χ4v) is 16.7. The van der Waals surface area contributed by atoms with Gasteiger partial charge < -0.3 is 77.0 Å². The van der Waals surface area contributed by atoms with Crippen molar-refractivity contribution >= 4 is 124 Å². The quantitative estimate of drug-likeness (QED) is 0.0299. The number of phosphoric acid groups is 4. The van der Waals surface area contributed by atoms with Gasteiger partial charge in [-0.05, 0) is 0 Å². The molecule has 10 aromatic rings. The number of hydrogen-bond acceptors (Lipinski definition) is 40. The second-order valence-corrected chi connectivity index (χ2v) is 30.3. The molecule has 5 aliphatic heterocycles. The number of ether oxygens (including phenoxy) is 5. The minimum absolute atomic E-state index is 0.00369. The Balaban J connectivity index is 0.640. The number of anilines is 5. The summed E-state index contributed by atoms with van der Waals surface area (Å²) in [6, 6.07) is 0. The Labute approximate surface area is 586 Å². The summed E-state index contributed by atoms with van der Waals surface area (Å²) >= 11 is 0. The number of aliphatic hydroxyl groups is 1. The lowest BCUT2D eigenvalue weighted by atomic mass is 10.2. The van der Waals surface area contributed by atoms with Crippen molar-refractivity contribution in [2.75, 3.05) is 61.7 Å². The van der Waals surface area contributed by atoms with E-state index in [0.29, 0.717) is 5.65 Å². The predicted molar refractivity (Wildman–Crippen MR) is 346 cm³/mol. The fraction of sp³-hybridized carbons (Fsp3) is 0.500. The molecule has 20 atom stereocenters. The first kappa shape index (κ1) is 72.5. The first-order valence-electron chi connectivity index (χ1n) is 31.2. The molecule has 5 aliphatic rings. The zero-order valence-electron chi connectivity index (χ0n) is 53.5. The molecule has 0 spiro atoms. The monoisotopic (exact) mass is 1570 g/mol. The summed E-state index contributed by atoms with van der Waals surface area (Å²) in [6.07, 6.45) is -8.78. The van der Waals surface area contributed by atoms with Gasteiger partial charge in [0.05, 0.1) is 64.2 Å². The maximum absolute atomic E-state index is 14.4. The van der Waals surface area contributed by atoms with E-state index in [-0.39, 0.29) is 111 Å². The normalized spacial score (nSPS) is 29.0. The van der Waals surface area contributed by atoms with Crippen LogP contribution < -0.4 is 28.7 Å². The number of nitrogens with two attached hydrogens (primary N) is 5. The number of phosphoric ester groups is 4. The van der Waals surface area contributed by atoms with Gasteiger partial charge in [0.1, 0.15) is 152 Å².